The number of benzene rings is 1. The Bertz CT molecular complexity index is 824. The van der Waals surface area contributed by atoms with Gasteiger partial charge >= 0.3 is 0 Å². The molecule has 1 aliphatic rings. The third-order valence-electron chi connectivity index (χ3n) is 5.41. The van der Waals surface area contributed by atoms with Gasteiger partial charge in [-0.1, -0.05) is 43.7 Å². The van der Waals surface area contributed by atoms with Crippen molar-refractivity contribution in [1.82, 2.24) is 9.47 Å². The Morgan fingerprint density at radius 2 is 1.93 bits per heavy atom. The maximum atomic E-state index is 12.3. The Hall–Kier alpha value is -2.56. The van der Waals surface area contributed by atoms with Gasteiger partial charge in [-0.3, -0.25) is 9.59 Å². The van der Waals surface area contributed by atoms with Crippen molar-refractivity contribution in [3.8, 4) is 11.1 Å². The van der Waals surface area contributed by atoms with Crippen molar-refractivity contribution in [2.45, 2.75) is 52.5 Å². The van der Waals surface area contributed by atoms with E-state index in [1.807, 2.05) is 42.2 Å². The van der Waals surface area contributed by atoms with E-state index in [0.717, 1.165) is 62.1 Å². The first-order valence-electron chi connectivity index (χ1n) is 9.89. The standard InChI is InChI=1S/C22H29N3O2/c1-3-9-18-21(17-10-5-4-6-11-17)20(22(23)27)16(2)25(18)15-8-14-24-13-7-12-19(24)26/h4-6,10-11H,3,7-9,12-15H2,1-2H3,(H2,23,27). The first kappa shape index (κ1) is 19.2. The van der Waals surface area contributed by atoms with Gasteiger partial charge < -0.3 is 15.2 Å². The topological polar surface area (TPSA) is 68.3 Å². The number of hydrogen-bond donors (Lipinski definition) is 1. The van der Waals surface area contributed by atoms with Gasteiger partial charge in [-0.15, -0.1) is 0 Å². The second-order valence-corrected chi connectivity index (χ2v) is 7.25. The molecule has 0 spiro atoms. The number of carbonyl (C=O) groups is 2. The van der Waals surface area contributed by atoms with Crippen LogP contribution in [0.3, 0.4) is 0 Å². The maximum absolute atomic E-state index is 12.3. The number of nitrogens with zero attached hydrogens (tertiary/aromatic N) is 2. The molecule has 0 aliphatic carbocycles. The molecule has 5 heteroatoms. The Labute approximate surface area is 161 Å². The van der Waals surface area contributed by atoms with Crippen LogP contribution in [0.1, 0.15) is 54.4 Å². The van der Waals surface area contributed by atoms with Crippen molar-refractivity contribution < 1.29 is 9.59 Å². The number of primary amides is 1. The minimum absolute atomic E-state index is 0.260. The molecule has 2 amide bonds. The molecule has 3 rings (SSSR count). The summed E-state index contributed by atoms with van der Waals surface area (Å²) in [6.07, 6.45) is 4.40. The molecular formula is C22H29N3O2. The first-order chi connectivity index (χ1) is 13.0. The summed E-state index contributed by atoms with van der Waals surface area (Å²) in [6, 6.07) is 10.0. The van der Waals surface area contributed by atoms with Gasteiger partial charge in [0.15, 0.2) is 0 Å². The molecule has 1 aromatic heterocycles. The van der Waals surface area contributed by atoms with Gasteiger partial charge in [0.25, 0.3) is 5.91 Å². The molecule has 144 valence electrons. The average molecular weight is 367 g/mol. The molecule has 2 aromatic rings. The Morgan fingerprint density at radius 3 is 2.52 bits per heavy atom. The maximum Gasteiger partial charge on any atom is 0.251 e. The summed E-state index contributed by atoms with van der Waals surface area (Å²) in [7, 11) is 0. The summed E-state index contributed by atoms with van der Waals surface area (Å²) in [4.78, 5) is 26.1. The van der Waals surface area contributed by atoms with Gasteiger partial charge in [0.05, 0.1) is 5.56 Å². The van der Waals surface area contributed by atoms with Crippen LogP contribution in [-0.2, 0) is 17.8 Å². The number of likely N-dealkylation sites (tertiary alicyclic amines) is 1. The second-order valence-electron chi connectivity index (χ2n) is 7.25. The fourth-order valence-corrected chi connectivity index (χ4v) is 4.17. The van der Waals surface area contributed by atoms with Crippen molar-refractivity contribution in [2.24, 2.45) is 5.73 Å². The molecule has 2 heterocycles. The molecule has 1 fully saturated rings. The van der Waals surface area contributed by atoms with Crippen LogP contribution in [0.4, 0.5) is 0 Å². The fraction of sp³-hybridized carbons (Fsp3) is 0.455. The Morgan fingerprint density at radius 1 is 1.19 bits per heavy atom. The molecule has 1 saturated heterocycles. The normalized spacial score (nSPS) is 14.1. The lowest BCUT2D eigenvalue weighted by Crippen LogP contribution is -2.26. The van der Waals surface area contributed by atoms with Gasteiger partial charge in [-0.05, 0) is 31.7 Å². The summed E-state index contributed by atoms with van der Waals surface area (Å²) in [5.74, 6) is -0.118. The Kier molecular flexibility index (Phi) is 5.99. The number of carbonyl (C=O) groups excluding carboxylic acids is 2. The van der Waals surface area contributed by atoms with E-state index in [0.29, 0.717) is 12.0 Å². The van der Waals surface area contributed by atoms with Gasteiger partial charge in [0.1, 0.15) is 0 Å². The largest absolute Gasteiger partial charge is 0.366 e. The molecule has 0 unspecified atom stereocenters. The molecular weight excluding hydrogens is 338 g/mol. The van der Waals surface area contributed by atoms with Crippen LogP contribution in [0.5, 0.6) is 0 Å². The summed E-state index contributed by atoms with van der Waals surface area (Å²) >= 11 is 0. The molecule has 1 aromatic carbocycles. The molecule has 1 aliphatic heterocycles. The number of rotatable bonds is 8. The van der Waals surface area contributed by atoms with Crippen molar-refractivity contribution in [3.63, 3.8) is 0 Å². The summed E-state index contributed by atoms with van der Waals surface area (Å²) in [6.45, 7) is 6.56. The van der Waals surface area contributed by atoms with E-state index >= 15 is 0 Å². The zero-order valence-electron chi connectivity index (χ0n) is 16.3. The van der Waals surface area contributed by atoms with E-state index in [1.165, 1.54) is 5.69 Å². The van der Waals surface area contributed by atoms with Crippen LogP contribution in [-0.4, -0.2) is 34.4 Å². The zero-order chi connectivity index (χ0) is 19.4. The van der Waals surface area contributed by atoms with E-state index in [4.69, 9.17) is 5.73 Å². The lowest BCUT2D eigenvalue weighted by Gasteiger charge is -2.17. The van der Waals surface area contributed by atoms with Crippen LogP contribution >= 0.6 is 0 Å². The van der Waals surface area contributed by atoms with Gasteiger partial charge in [-0.25, -0.2) is 0 Å². The fourth-order valence-electron chi connectivity index (χ4n) is 4.17. The van der Waals surface area contributed by atoms with Crippen LogP contribution in [0, 0.1) is 6.92 Å². The second kappa shape index (κ2) is 8.42. The average Bonchev–Trinajstić information content (AvgIpc) is 3.18. The monoisotopic (exact) mass is 367 g/mol. The van der Waals surface area contributed by atoms with E-state index in [2.05, 4.69) is 11.5 Å². The van der Waals surface area contributed by atoms with E-state index in [-0.39, 0.29) is 11.8 Å². The van der Waals surface area contributed by atoms with Crippen LogP contribution in [0.2, 0.25) is 0 Å². The molecule has 0 atom stereocenters. The summed E-state index contributed by atoms with van der Waals surface area (Å²) in [5.41, 5.74) is 10.5. The lowest BCUT2D eigenvalue weighted by atomic mass is 9.98. The molecule has 2 N–H and O–H groups in total. The predicted molar refractivity (Wildman–Crippen MR) is 108 cm³/mol. The van der Waals surface area contributed by atoms with Crippen LogP contribution < -0.4 is 5.73 Å². The lowest BCUT2D eigenvalue weighted by molar-refractivity contribution is -0.127. The molecule has 0 saturated carbocycles. The molecule has 0 bridgehead atoms. The third-order valence-corrected chi connectivity index (χ3v) is 5.41. The third kappa shape index (κ3) is 3.92. The van der Waals surface area contributed by atoms with Crippen molar-refractivity contribution in [2.75, 3.05) is 13.1 Å². The van der Waals surface area contributed by atoms with Gasteiger partial charge in [0, 0.05) is 43.0 Å². The van der Waals surface area contributed by atoms with Gasteiger partial charge in [-0.2, -0.15) is 0 Å². The van der Waals surface area contributed by atoms with Crippen molar-refractivity contribution >= 4 is 11.8 Å². The first-order valence-corrected chi connectivity index (χ1v) is 9.89. The van der Waals surface area contributed by atoms with Crippen LogP contribution in [0.15, 0.2) is 30.3 Å². The highest BCUT2D eigenvalue weighted by Gasteiger charge is 2.25. The van der Waals surface area contributed by atoms with E-state index < -0.39 is 0 Å². The zero-order valence-corrected chi connectivity index (χ0v) is 16.3. The smallest absolute Gasteiger partial charge is 0.251 e. The number of hydrogen-bond acceptors (Lipinski definition) is 2. The number of aromatic nitrogens is 1. The molecule has 5 nitrogen and oxygen atoms in total. The summed E-state index contributed by atoms with van der Waals surface area (Å²) in [5, 5.41) is 0. The SMILES string of the molecule is CCCc1c(-c2ccccc2)c(C(N)=O)c(C)n1CCCN1CCCC1=O. The summed E-state index contributed by atoms with van der Waals surface area (Å²) < 4.78 is 2.24. The molecule has 0 radical (unpaired) electrons. The minimum atomic E-state index is -0.378. The predicted octanol–water partition coefficient (Wildman–Crippen LogP) is 3.53. The highest BCUT2D eigenvalue weighted by Crippen LogP contribution is 2.33. The Balaban J connectivity index is 1.94. The molecule has 27 heavy (non-hydrogen) atoms. The van der Waals surface area contributed by atoms with Gasteiger partial charge in [0.2, 0.25) is 5.91 Å². The number of amides is 2. The highest BCUT2D eigenvalue weighted by atomic mass is 16.2. The highest BCUT2D eigenvalue weighted by molar-refractivity contribution is 6.02. The van der Waals surface area contributed by atoms with Crippen molar-refractivity contribution in [3.05, 3.63) is 47.3 Å². The quantitative estimate of drug-likeness (QED) is 0.775. The minimum Gasteiger partial charge on any atom is -0.366 e. The van der Waals surface area contributed by atoms with E-state index in [9.17, 15) is 9.59 Å². The van der Waals surface area contributed by atoms with E-state index in [1.54, 1.807) is 0 Å². The number of nitrogens with two attached hydrogens (primary N) is 1. The van der Waals surface area contributed by atoms with Crippen LogP contribution in [0.25, 0.3) is 11.1 Å². The van der Waals surface area contributed by atoms with Crippen molar-refractivity contribution in [1.29, 1.82) is 0 Å².